The van der Waals surface area contributed by atoms with Crippen molar-refractivity contribution < 1.29 is 4.74 Å². The van der Waals surface area contributed by atoms with Gasteiger partial charge in [-0.1, -0.05) is 25.7 Å². The summed E-state index contributed by atoms with van der Waals surface area (Å²) in [5, 5.41) is 0. The molecule has 1 saturated heterocycles. The van der Waals surface area contributed by atoms with Crippen molar-refractivity contribution in [2.75, 3.05) is 6.54 Å². The van der Waals surface area contributed by atoms with Crippen LogP contribution in [-0.2, 0) is 4.74 Å². The zero-order chi connectivity index (χ0) is 10.7. The number of rotatable bonds is 4. The van der Waals surface area contributed by atoms with Crippen LogP contribution in [0.4, 0.5) is 0 Å². The van der Waals surface area contributed by atoms with Gasteiger partial charge in [0.15, 0.2) is 0 Å². The standard InChI is InChI=1S/C13H25NO/c1-10-6-7-13(15-10)8-12(9-14)11-4-2-3-5-11/h10-13H,2-9,14H2,1H3. The van der Waals surface area contributed by atoms with E-state index in [2.05, 4.69) is 6.92 Å². The first-order valence-corrected chi connectivity index (χ1v) is 6.65. The summed E-state index contributed by atoms with van der Waals surface area (Å²) >= 11 is 0. The zero-order valence-corrected chi connectivity index (χ0v) is 9.95. The van der Waals surface area contributed by atoms with Crippen LogP contribution in [0.25, 0.3) is 0 Å². The normalized spacial score (nSPS) is 34.8. The van der Waals surface area contributed by atoms with Gasteiger partial charge >= 0.3 is 0 Å². The highest BCUT2D eigenvalue weighted by atomic mass is 16.5. The topological polar surface area (TPSA) is 35.2 Å². The Balaban J connectivity index is 1.79. The number of nitrogens with two attached hydrogens (primary N) is 1. The van der Waals surface area contributed by atoms with Crippen molar-refractivity contribution in [1.29, 1.82) is 0 Å². The molecule has 88 valence electrons. The maximum absolute atomic E-state index is 5.91. The second kappa shape index (κ2) is 5.31. The first-order chi connectivity index (χ1) is 7.29. The Labute approximate surface area is 93.6 Å². The van der Waals surface area contributed by atoms with Crippen LogP contribution in [0.15, 0.2) is 0 Å². The fourth-order valence-corrected chi connectivity index (χ4v) is 3.31. The molecule has 3 atom stereocenters. The number of hydrogen-bond donors (Lipinski definition) is 1. The van der Waals surface area contributed by atoms with Crippen LogP contribution in [-0.4, -0.2) is 18.8 Å². The third-order valence-corrected chi connectivity index (χ3v) is 4.25. The lowest BCUT2D eigenvalue weighted by Crippen LogP contribution is -2.26. The van der Waals surface area contributed by atoms with E-state index in [4.69, 9.17) is 10.5 Å². The van der Waals surface area contributed by atoms with E-state index in [-0.39, 0.29) is 0 Å². The second-order valence-electron chi connectivity index (χ2n) is 5.42. The summed E-state index contributed by atoms with van der Waals surface area (Å²) in [5.41, 5.74) is 5.91. The molecule has 0 amide bonds. The van der Waals surface area contributed by atoms with E-state index in [0.717, 1.165) is 18.4 Å². The van der Waals surface area contributed by atoms with Gasteiger partial charge in [0.1, 0.15) is 0 Å². The first kappa shape index (κ1) is 11.4. The van der Waals surface area contributed by atoms with E-state index in [9.17, 15) is 0 Å². The van der Waals surface area contributed by atoms with Crippen molar-refractivity contribution in [3.8, 4) is 0 Å². The fraction of sp³-hybridized carbons (Fsp3) is 1.00. The number of hydrogen-bond acceptors (Lipinski definition) is 2. The number of ether oxygens (including phenoxy) is 1. The van der Waals surface area contributed by atoms with Crippen molar-refractivity contribution in [3.63, 3.8) is 0 Å². The molecule has 0 aromatic heterocycles. The SMILES string of the molecule is CC1CCC(CC(CN)C2CCCC2)O1. The third kappa shape index (κ3) is 2.94. The lowest BCUT2D eigenvalue weighted by molar-refractivity contribution is 0.0355. The molecule has 15 heavy (non-hydrogen) atoms. The summed E-state index contributed by atoms with van der Waals surface area (Å²) in [7, 11) is 0. The minimum Gasteiger partial charge on any atom is -0.375 e. The highest BCUT2D eigenvalue weighted by Crippen LogP contribution is 2.35. The Bertz CT molecular complexity index is 189. The van der Waals surface area contributed by atoms with E-state index < -0.39 is 0 Å². The van der Waals surface area contributed by atoms with E-state index >= 15 is 0 Å². The van der Waals surface area contributed by atoms with Gasteiger partial charge in [-0.15, -0.1) is 0 Å². The van der Waals surface area contributed by atoms with Gasteiger partial charge in [0.2, 0.25) is 0 Å². The molecule has 2 aliphatic rings. The second-order valence-corrected chi connectivity index (χ2v) is 5.42. The highest BCUT2D eigenvalue weighted by molar-refractivity contribution is 4.81. The minimum atomic E-state index is 0.483. The maximum atomic E-state index is 5.91. The quantitative estimate of drug-likeness (QED) is 0.776. The van der Waals surface area contributed by atoms with Crippen molar-refractivity contribution in [3.05, 3.63) is 0 Å². The molecular weight excluding hydrogens is 186 g/mol. The summed E-state index contributed by atoms with van der Waals surface area (Å²) in [4.78, 5) is 0. The largest absolute Gasteiger partial charge is 0.375 e. The average molecular weight is 211 g/mol. The molecule has 0 aromatic rings. The lowest BCUT2D eigenvalue weighted by atomic mass is 9.86. The van der Waals surface area contributed by atoms with Crippen LogP contribution in [0.2, 0.25) is 0 Å². The molecule has 1 heterocycles. The molecule has 0 aromatic carbocycles. The molecule has 2 rings (SSSR count). The predicted octanol–water partition coefficient (Wildman–Crippen LogP) is 2.71. The summed E-state index contributed by atoms with van der Waals surface area (Å²) in [6.07, 6.45) is 10.4. The molecule has 1 aliphatic heterocycles. The smallest absolute Gasteiger partial charge is 0.0583 e. The molecule has 3 unspecified atom stereocenters. The summed E-state index contributed by atoms with van der Waals surface area (Å²) in [6, 6.07) is 0. The monoisotopic (exact) mass is 211 g/mol. The van der Waals surface area contributed by atoms with Gasteiger partial charge in [-0.2, -0.15) is 0 Å². The van der Waals surface area contributed by atoms with Crippen LogP contribution in [0, 0.1) is 11.8 Å². The predicted molar refractivity (Wildman–Crippen MR) is 62.7 cm³/mol. The molecular formula is C13H25NO. The van der Waals surface area contributed by atoms with Crippen molar-refractivity contribution in [1.82, 2.24) is 0 Å². The van der Waals surface area contributed by atoms with E-state index in [0.29, 0.717) is 12.2 Å². The van der Waals surface area contributed by atoms with Crippen LogP contribution in [0.3, 0.4) is 0 Å². The van der Waals surface area contributed by atoms with Gasteiger partial charge in [0, 0.05) is 0 Å². The zero-order valence-electron chi connectivity index (χ0n) is 9.95. The van der Waals surface area contributed by atoms with Crippen LogP contribution < -0.4 is 5.73 Å². The summed E-state index contributed by atoms with van der Waals surface area (Å²) in [6.45, 7) is 3.05. The third-order valence-electron chi connectivity index (χ3n) is 4.25. The first-order valence-electron chi connectivity index (χ1n) is 6.65. The Kier molecular flexibility index (Phi) is 4.04. The van der Waals surface area contributed by atoms with Crippen molar-refractivity contribution in [2.24, 2.45) is 17.6 Å². The Hall–Kier alpha value is -0.0800. The Morgan fingerprint density at radius 3 is 2.47 bits per heavy atom. The van der Waals surface area contributed by atoms with Crippen LogP contribution in [0.5, 0.6) is 0 Å². The highest BCUT2D eigenvalue weighted by Gasteiger charge is 2.29. The van der Waals surface area contributed by atoms with Crippen LogP contribution in [0.1, 0.15) is 51.9 Å². The van der Waals surface area contributed by atoms with Gasteiger partial charge in [0.25, 0.3) is 0 Å². The Morgan fingerprint density at radius 2 is 1.93 bits per heavy atom. The average Bonchev–Trinajstić information content (AvgIpc) is 2.85. The van der Waals surface area contributed by atoms with Crippen molar-refractivity contribution in [2.45, 2.75) is 64.1 Å². The Morgan fingerprint density at radius 1 is 1.20 bits per heavy atom. The fourth-order valence-electron chi connectivity index (χ4n) is 3.31. The summed E-state index contributed by atoms with van der Waals surface area (Å²) in [5.74, 6) is 1.62. The molecule has 0 radical (unpaired) electrons. The molecule has 0 spiro atoms. The van der Waals surface area contributed by atoms with Gasteiger partial charge in [0.05, 0.1) is 12.2 Å². The van der Waals surface area contributed by atoms with Gasteiger partial charge in [-0.3, -0.25) is 0 Å². The molecule has 1 saturated carbocycles. The molecule has 1 aliphatic carbocycles. The lowest BCUT2D eigenvalue weighted by Gasteiger charge is -2.24. The molecule has 2 fully saturated rings. The summed E-state index contributed by atoms with van der Waals surface area (Å²) < 4.78 is 5.90. The minimum absolute atomic E-state index is 0.483. The molecule has 2 nitrogen and oxygen atoms in total. The van der Waals surface area contributed by atoms with E-state index in [1.807, 2.05) is 0 Å². The van der Waals surface area contributed by atoms with Gasteiger partial charge in [-0.25, -0.2) is 0 Å². The maximum Gasteiger partial charge on any atom is 0.0583 e. The van der Waals surface area contributed by atoms with E-state index in [1.54, 1.807) is 0 Å². The van der Waals surface area contributed by atoms with E-state index in [1.165, 1.54) is 44.9 Å². The van der Waals surface area contributed by atoms with Crippen LogP contribution >= 0.6 is 0 Å². The van der Waals surface area contributed by atoms with Gasteiger partial charge < -0.3 is 10.5 Å². The van der Waals surface area contributed by atoms with Crippen molar-refractivity contribution >= 4 is 0 Å². The molecule has 0 bridgehead atoms. The molecule has 2 heteroatoms. The molecule has 2 N–H and O–H groups in total. The van der Waals surface area contributed by atoms with Gasteiger partial charge in [-0.05, 0) is 44.6 Å².